The molecule has 0 amide bonds. The Balaban J connectivity index is 4.40. The van der Waals surface area contributed by atoms with Crippen molar-refractivity contribution in [1.82, 2.24) is 0 Å². The van der Waals surface area contributed by atoms with Crippen LogP contribution in [0.3, 0.4) is 0 Å². The monoisotopic (exact) mass is 797 g/mol. The maximum absolute atomic E-state index is 12.6. The molecule has 0 spiro atoms. The van der Waals surface area contributed by atoms with Crippen LogP contribution in [0.15, 0.2) is 60.8 Å². The number of hydrogen-bond donors (Lipinski definition) is 3. The molecule has 0 saturated heterocycles. The molecule has 0 bridgehead atoms. The van der Waals surface area contributed by atoms with Crippen LogP contribution in [0.25, 0.3) is 0 Å². The molecule has 0 aromatic carbocycles. The van der Waals surface area contributed by atoms with Crippen LogP contribution in [0.4, 0.5) is 0 Å². The summed E-state index contributed by atoms with van der Waals surface area (Å²) >= 11 is 0. The highest BCUT2D eigenvalue weighted by Crippen LogP contribution is 2.43. The first-order valence-electron chi connectivity index (χ1n) is 21.2. The Morgan fingerprint density at radius 3 is 1.49 bits per heavy atom. The van der Waals surface area contributed by atoms with Crippen LogP contribution in [-0.2, 0) is 32.7 Å². The van der Waals surface area contributed by atoms with Crippen molar-refractivity contribution < 1.29 is 47.8 Å². The normalized spacial score (nSPS) is 14.5. The van der Waals surface area contributed by atoms with E-state index in [1.807, 2.05) is 6.08 Å². The number of esters is 2. The molecule has 3 atom stereocenters. The summed E-state index contributed by atoms with van der Waals surface area (Å²) in [4.78, 5) is 34.9. The summed E-state index contributed by atoms with van der Waals surface area (Å²) in [6, 6.07) is 0. The molecule has 0 aromatic heterocycles. The Bertz CT molecular complexity index is 1100. The van der Waals surface area contributed by atoms with E-state index in [9.17, 15) is 24.2 Å². The summed E-state index contributed by atoms with van der Waals surface area (Å²) in [5.74, 6) is -0.993. The fourth-order valence-electron chi connectivity index (χ4n) is 5.44. The first-order chi connectivity index (χ1) is 26.7. The van der Waals surface area contributed by atoms with E-state index >= 15 is 0 Å². The molecule has 0 radical (unpaired) electrons. The van der Waals surface area contributed by atoms with Gasteiger partial charge in [-0.1, -0.05) is 164 Å². The minimum absolute atomic E-state index is 0.162. The molecule has 0 aliphatic heterocycles. The number of aliphatic hydroxyl groups excluding tert-OH is 2. The fraction of sp³-hybridized carbons (Fsp3) is 0.727. The summed E-state index contributed by atoms with van der Waals surface area (Å²) < 4.78 is 32.6. The van der Waals surface area contributed by atoms with E-state index in [-0.39, 0.29) is 19.4 Å². The summed E-state index contributed by atoms with van der Waals surface area (Å²) in [6.45, 7) is 2.20. The van der Waals surface area contributed by atoms with Crippen molar-refractivity contribution >= 4 is 19.8 Å². The van der Waals surface area contributed by atoms with Crippen molar-refractivity contribution in [1.29, 1.82) is 0 Å². The van der Waals surface area contributed by atoms with E-state index in [1.165, 1.54) is 70.6 Å². The number of phosphoric ester groups is 1. The molecule has 0 heterocycles. The zero-order chi connectivity index (χ0) is 40.5. The third-order valence-corrected chi connectivity index (χ3v) is 9.64. The highest BCUT2D eigenvalue weighted by Gasteiger charge is 2.27. The van der Waals surface area contributed by atoms with Crippen molar-refractivity contribution in [3.05, 3.63) is 60.8 Å². The second kappa shape index (κ2) is 39.9. The van der Waals surface area contributed by atoms with Crippen LogP contribution < -0.4 is 0 Å². The SMILES string of the molecule is CC/C=C\C/C=C\C/C=C\C/C=C\C/C=C\CCCC(=O)OC[C@H](COP(=O)(O)OC[C@@H](O)CO)OC(=O)CCCCCCCCCCCCCCCCC. The predicted molar refractivity (Wildman–Crippen MR) is 224 cm³/mol. The molecule has 0 aromatic rings. The topological polar surface area (TPSA) is 149 Å². The summed E-state index contributed by atoms with van der Waals surface area (Å²) in [7, 11) is -4.63. The Morgan fingerprint density at radius 2 is 1.00 bits per heavy atom. The van der Waals surface area contributed by atoms with Gasteiger partial charge < -0.3 is 24.6 Å². The first-order valence-corrected chi connectivity index (χ1v) is 22.7. The standard InChI is InChI=1S/C44H77O10P/c1-3-5-7-9-11-13-15-17-19-20-22-23-25-27-29-31-33-35-43(47)51-39-42(40-53-55(49,50)52-38-41(46)37-45)54-44(48)36-34-32-30-28-26-24-21-18-16-14-12-10-8-6-4-2/h5,7,11,13,17,19,22-23,27,29,41-42,45-46H,3-4,6,8-10,12,14-16,18,20-21,24-26,28,30-40H2,1-2H3,(H,49,50)/b7-5-,13-11-,19-17-,23-22-,29-27-/t41-,42+/m0/s1. The Hall–Kier alpha value is -2.33. The third-order valence-electron chi connectivity index (χ3n) is 8.69. The molecule has 1 unspecified atom stereocenters. The summed E-state index contributed by atoms with van der Waals surface area (Å²) in [6.07, 6.45) is 43.3. The fourth-order valence-corrected chi connectivity index (χ4v) is 6.23. The van der Waals surface area contributed by atoms with Crippen LogP contribution in [0.2, 0.25) is 0 Å². The number of unbranched alkanes of at least 4 members (excludes halogenated alkanes) is 15. The van der Waals surface area contributed by atoms with Gasteiger partial charge >= 0.3 is 19.8 Å². The van der Waals surface area contributed by atoms with Crippen LogP contribution in [0, 0.1) is 0 Å². The van der Waals surface area contributed by atoms with E-state index in [2.05, 4.69) is 73.1 Å². The summed E-state index contributed by atoms with van der Waals surface area (Å²) in [5.41, 5.74) is 0. The van der Waals surface area contributed by atoms with E-state index in [1.54, 1.807) is 0 Å². The number of carbonyl (C=O) groups is 2. The maximum atomic E-state index is 12.6. The van der Waals surface area contributed by atoms with E-state index in [4.69, 9.17) is 19.1 Å². The molecule has 0 aliphatic rings. The van der Waals surface area contributed by atoms with Gasteiger partial charge in [0, 0.05) is 12.8 Å². The number of ether oxygens (including phenoxy) is 2. The van der Waals surface area contributed by atoms with Gasteiger partial charge in [0.15, 0.2) is 6.10 Å². The molecule has 318 valence electrons. The van der Waals surface area contributed by atoms with Crippen LogP contribution in [0.1, 0.15) is 168 Å². The average molecular weight is 797 g/mol. The van der Waals surface area contributed by atoms with E-state index in [0.29, 0.717) is 19.3 Å². The van der Waals surface area contributed by atoms with E-state index < -0.39 is 51.8 Å². The first kappa shape index (κ1) is 52.7. The highest BCUT2D eigenvalue weighted by atomic mass is 31.2. The lowest BCUT2D eigenvalue weighted by Gasteiger charge is -2.20. The number of phosphoric acid groups is 1. The molecule has 10 nitrogen and oxygen atoms in total. The van der Waals surface area contributed by atoms with Crippen LogP contribution in [-0.4, -0.2) is 65.7 Å². The van der Waals surface area contributed by atoms with Gasteiger partial charge in [-0.05, 0) is 51.4 Å². The second-order valence-electron chi connectivity index (χ2n) is 14.0. The number of rotatable bonds is 39. The maximum Gasteiger partial charge on any atom is 0.472 e. The number of allylic oxidation sites excluding steroid dienone is 10. The minimum Gasteiger partial charge on any atom is -0.462 e. The van der Waals surface area contributed by atoms with Gasteiger partial charge in [0.05, 0.1) is 19.8 Å². The number of carbonyl (C=O) groups excluding carboxylic acids is 2. The lowest BCUT2D eigenvalue weighted by Crippen LogP contribution is -2.29. The van der Waals surface area contributed by atoms with Gasteiger partial charge in [0.1, 0.15) is 12.7 Å². The largest absolute Gasteiger partial charge is 0.472 e. The van der Waals surface area contributed by atoms with Gasteiger partial charge in [0.2, 0.25) is 0 Å². The molecule has 0 fully saturated rings. The Labute approximate surface area is 334 Å². The van der Waals surface area contributed by atoms with E-state index in [0.717, 1.165) is 51.4 Å². The number of hydrogen-bond acceptors (Lipinski definition) is 9. The van der Waals surface area contributed by atoms with Gasteiger partial charge in [-0.25, -0.2) is 4.57 Å². The second-order valence-corrected chi connectivity index (χ2v) is 15.4. The third kappa shape index (κ3) is 39.7. The van der Waals surface area contributed by atoms with Gasteiger partial charge in [0.25, 0.3) is 0 Å². The Morgan fingerprint density at radius 1 is 0.564 bits per heavy atom. The van der Waals surface area contributed by atoms with Crippen molar-refractivity contribution in [2.45, 2.75) is 180 Å². The molecule has 11 heteroatoms. The van der Waals surface area contributed by atoms with Gasteiger partial charge in [-0.3, -0.25) is 18.6 Å². The van der Waals surface area contributed by atoms with Crippen LogP contribution >= 0.6 is 7.82 Å². The Kier molecular flexibility index (Phi) is 38.2. The molecule has 55 heavy (non-hydrogen) atoms. The smallest absolute Gasteiger partial charge is 0.462 e. The quantitative estimate of drug-likeness (QED) is 0.0237. The zero-order valence-electron chi connectivity index (χ0n) is 34.4. The molecular weight excluding hydrogens is 719 g/mol. The van der Waals surface area contributed by atoms with Gasteiger partial charge in [-0.2, -0.15) is 0 Å². The predicted octanol–water partition coefficient (Wildman–Crippen LogP) is 11.1. The molecule has 0 rings (SSSR count). The molecule has 0 aliphatic carbocycles. The van der Waals surface area contributed by atoms with Crippen molar-refractivity contribution in [2.24, 2.45) is 0 Å². The summed E-state index contributed by atoms with van der Waals surface area (Å²) in [5, 5.41) is 18.3. The lowest BCUT2D eigenvalue weighted by atomic mass is 10.0. The van der Waals surface area contributed by atoms with Crippen molar-refractivity contribution in [2.75, 3.05) is 26.4 Å². The lowest BCUT2D eigenvalue weighted by molar-refractivity contribution is -0.161. The molecule has 3 N–H and O–H groups in total. The van der Waals surface area contributed by atoms with Crippen molar-refractivity contribution in [3.8, 4) is 0 Å². The van der Waals surface area contributed by atoms with Crippen molar-refractivity contribution in [3.63, 3.8) is 0 Å². The zero-order valence-corrected chi connectivity index (χ0v) is 35.3. The van der Waals surface area contributed by atoms with Crippen LogP contribution in [0.5, 0.6) is 0 Å². The average Bonchev–Trinajstić information content (AvgIpc) is 3.17. The highest BCUT2D eigenvalue weighted by molar-refractivity contribution is 7.47. The molecule has 0 saturated carbocycles. The minimum atomic E-state index is -4.63. The van der Waals surface area contributed by atoms with Gasteiger partial charge in [-0.15, -0.1) is 0 Å². The molecular formula is C44H77O10P. The number of aliphatic hydroxyl groups is 2.